The van der Waals surface area contributed by atoms with Crippen LogP contribution in [0.2, 0.25) is 0 Å². The van der Waals surface area contributed by atoms with Crippen LogP contribution in [0.1, 0.15) is 36.6 Å². The summed E-state index contributed by atoms with van der Waals surface area (Å²) in [7, 11) is 0. The Morgan fingerprint density at radius 1 is 1.10 bits per heavy atom. The molecule has 0 saturated heterocycles. The van der Waals surface area contributed by atoms with Crippen molar-refractivity contribution in [3.8, 4) is 11.1 Å². The molecule has 0 bridgehead atoms. The lowest BCUT2D eigenvalue weighted by atomic mass is 9.98. The highest BCUT2D eigenvalue weighted by Crippen LogP contribution is 2.36. The number of benzene rings is 2. The Labute approximate surface area is 175 Å². The summed E-state index contributed by atoms with van der Waals surface area (Å²) in [5, 5.41) is 8.13. The van der Waals surface area contributed by atoms with Gasteiger partial charge < -0.3 is 9.32 Å². The molecule has 0 aliphatic carbocycles. The third kappa shape index (κ3) is 3.12. The van der Waals surface area contributed by atoms with Crippen LogP contribution < -0.4 is 0 Å². The Hall–Kier alpha value is -3.60. The van der Waals surface area contributed by atoms with Crippen molar-refractivity contribution in [3.63, 3.8) is 0 Å². The van der Waals surface area contributed by atoms with Crippen LogP contribution in [0.5, 0.6) is 0 Å². The normalized spacial score (nSPS) is 17.4. The van der Waals surface area contributed by atoms with Crippen molar-refractivity contribution < 1.29 is 4.42 Å². The van der Waals surface area contributed by atoms with Crippen LogP contribution in [0, 0.1) is 6.92 Å². The largest absolute Gasteiger partial charge is 0.464 e. The zero-order chi connectivity index (χ0) is 20.7. The second kappa shape index (κ2) is 7.34. The lowest BCUT2D eigenvalue weighted by Gasteiger charge is -2.38. The first-order valence-electron chi connectivity index (χ1n) is 10.2. The second-order valence-electron chi connectivity index (χ2n) is 7.81. The molecule has 2 aromatic heterocycles. The number of aromatic amines is 1. The van der Waals surface area contributed by atoms with Crippen molar-refractivity contribution in [3.05, 3.63) is 83.9 Å². The van der Waals surface area contributed by atoms with Gasteiger partial charge in [0.15, 0.2) is 0 Å². The second-order valence-corrected chi connectivity index (χ2v) is 7.81. The van der Waals surface area contributed by atoms with Crippen LogP contribution in [0.25, 0.3) is 27.8 Å². The number of H-pyrrole nitrogens is 1. The number of aliphatic imine (C=N–C) groups is 1. The van der Waals surface area contributed by atoms with E-state index in [4.69, 9.17) is 4.42 Å². The predicted molar refractivity (Wildman–Crippen MR) is 121 cm³/mol. The molecule has 1 aliphatic heterocycles. The lowest BCUT2D eigenvalue weighted by molar-refractivity contribution is 0.252. The number of rotatable bonds is 4. The highest BCUT2D eigenvalue weighted by molar-refractivity contribution is 5.90. The van der Waals surface area contributed by atoms with E-state index < -0.39 is 0 Å². The van der Waals surface area contributed by atoms with Gasteiger partial charge in [-0.3, -0.25) is 10.1 Å². The average molecular weight is 396 g/mol. The number of nitrogens with zero attached hydrogens (tertiary/aromatic N) is 3. The number of furan rings is 1. The van der Waals surface area contributed by atoms with E-state index in [0.29, 0.717) is 0 Å². The molecule has 0 spiro atoms. The summed E-state index contributed by atoms with van der Waals surface area (Å²) in [6.45, 7) is 6.46. The molecule has 0 radical (unpaired) electrons. The number of hydrogen-bond acceptors (Lipinski definition) is 4. The topological polar surface area (TPSA) is 57.4 Å². The van der Waals surface area contributed by atoms with E-state index >= 15 is 0 Å². The summed E-state index contributed by atoms with van der Waals surface area (Å²) in [5.41, 5.74) is 7.89. The Balaban J connectivity index is 1.54. The van der Waals surface area contributed by atoms with Gasteiger partial charge in [0.25, 0.3) is 0 Å². The molecule has 2 atom stereocenters. The van der Waals surface area contributed by atoms with Crippen molar-refractivity contribution >= 4 is 22.9 Å². The maximum absolute atomic E-state index is 5.64. The molecular weight excluding hydrogens is 372 g/mol. The number of aromatic nitrogens is 2. The maximum atomic E-state index is 5.64. The van der Waals surface area contributed by atoms with Gasteiger partial charge in [0, 0.05) is 29.1 Å². The smallest absolute Gasteiger partial charge is 0.134 e. The standard InChI is InChI=1S/C25H24N4O/c1-16-15-30-25-8-7-21(12-23(16)25)24-9-10-26-18(3)29(24)17(2)19-5-4-6-20(11-19)22-13-27-28-14-22/h4-15,17-18H,1-3H3,(H,27,28)/t17-,18?/m0/s1. The fraction of sp³-hybridized carbons (Fsp3) is 0.200. The fourth-order valence-electron chi connectivity index (χ4n) is 4.24. The number of nitrogens with one attached hydrogen (secondary N) is 1. The van der Waals surface area contributed by atoms with Gasteiger partial charge in [-0.1, -0.05) is 18.2 Å². The van der Waals surface area contributed by atoms with E-state index in [-0.39, 0.29) is 12.2 Å². The Morgan fingerprint density at radius 2 is 2.00 bits per heavy atom. The van der Waals surface area contributed by atoms with Crippen molar-refractivity contribution in [2.45, 2.75) is 33.0 Å². The number of aryl methyl sites for hydroxylation is 1. The van der Waals surface area contributed by atoms with E-state index in [9.17, 15) is 0 Å². The van der Waals surface area contributed by atoms with E-state index in [1.54, 1.807) is 0 Å². The summed E-state index contributed by atoms with van der Waals surface area (Å²) in [6, 6.07) is 15.2. The maximum Gasteiger partial charge on any atom is 0.134 e. The van der Waals surface area contributed by atoms with E-state index in [1.165, 1.54) is 16.8 Å². The fourth-order valence-corrected chi connectivity index (χ4v) is 4.24. The molecule has 2 aromatic carbocycles. The third-order valence-corrected chi connectivity index (χ3v) is 5.90. The molecule has 30 heavy (non-hydrogen) atoms. The minimum atomic E-state index is 0.0405. The number of allylic oxidation sites excluding steroid dienone is 1. The van der Waals surface area contributed by atoms with Gasteiger partial charge in [-0.2, -0.15) is 5.10 Å². The van der Waals surface area contributed by atoms with E-state index in [2.05, 4.69) is 89.4 Å². The summed E-state index contributed by atoms with van der Waals surface area (Å²) < 4.78 is 5.64. The van der Waals surface area contributed by atoms with Gasteiger partial charge in [-0.15, -0.1) is 0 Å². The molecule has 1 unspecified atom stereocenters. The molecule has 3 heterocycles. The van der Waals surface area contributed by atoms with Gasteiger partial charge >= 0.3 is 0 Å². The van der Waals surface area contributed by atoms with E-state index in [0.717, 1.165) is 27.7 Å². The monoisotopic (exact) mass is 396 g/mol. The van der Waals surface area contributed by atoms with Crippen molar-refractivity contribution in [1.29, 1.82) is 0 Å². The first-order chi connectivity index (χ1) is 14.6. The molecule has 150 valence electrons. The van der Waals surface area contributed by atoms with Gasteiger partial charge in [0.05, 0.1) is 18.5 Å². The average Bonchev–Trinajstić information content (AvgIpc) is 3.43. The summed E-state index contributed by atoms with van der Waals surface area (Å²) in [6.07, 6.45) is 9.65. The molecule has 1 aliphatic rings. The Kier molecular flexibility index (Phi) is 4.51. The highest BCUT2D eigenvalue weighted by atomic mass is 16.3. The molecule has 5 rings (SSSR count). The minimum absolute atomic E-state index is 0.0405. The van der Waals surface area contributed by atoms with Crippen LogP contribution in [-0.4, -0.2) is 27.5 Å². The molecule has 0 fully saturated rings. The Morgan fingerprint density at radius 3 is 2.83 bits per heavy atom. The highest BCUT2D eigenvalue weighted by Gasteiger charge is 2.26. The van der Waals surface area contributed by atoms with Crippen LogP contribution in [-0.2, 0) is 0 Å². The zero-order valence-corrected chi connectivity index (χ0v) is 17.3. The molecular formula is C25H24N4O. The minimum Gasteiger partial charge on any atom is -0.464 e. The van der Waals surface area contributed by atoms with Crippen LogP contribution >= 0.6 is 0 Å². The molecule has 5 heteroatoms. The van der Waals surface area contributed by atoms with Crippen LogP contribution in [0.15, 0.2) is 76.6 Å². The summed E-state index contributed by atoms with van der Waals surface area (Å²) >= 11 is 0. The first-order valence-corrected chi connectivity index (χ1v) is 10.2. The SMILES string of the molecule is Cc1coc2ccc(C3=CC=NC(C)N3[C@@H](C)c3cccc(-c4cn[nH]c4)c3)cc12. The van der Waals surface area contributed by atoms with Crippen LogP contribution in [0.4, 0.5) is 0 Å². The zero-order valence-electron chi connectivity index (χ0n) is 17.3. The van der Waals surface area contributed by atoms with Gasteiger partial charge in [0.2, 0.25) is 0 Å². The third-order valence-electron chi connectivity index (χ3n) is 5.90. The van der Waals surface area contributed by atoms with Crippen molar-refractivity contribution in [2.75, 3.05) is 0 Å². The summed E-state index contributed by atoms with van der Waals surface area (Å²) in [4.78, 5) is 7.05. The quantitative estimate of drug-likeness (QED) is 0.463. The molecule has 4 aromatic rings. The molecule has 5 nitrogen and oxygen atoms in total. The van der Waals surface area contributed by atoms with Gasteiger partial charge in [-0.05, 0) is 73.4 Å². The lowest BCUT2D eigenvalue weighted by Crippen LogP contribution is -2.34. The number of fused-ring (bicyclic) bond motifs is 1. The van der Waals surface area contributed by atoms with Gasteiger partial charge in [-0.25, -0.2) is 0 Å². The van der Waals surface area contributed by atoms with Crippen LogP contribution in [0.3, 0.4) is 0 Å². The Bertz CT molecular complexity index is 1250. The van der Waals surface area contributed by atoms with Gasteiger partial charge in [0.1, 0.15) is 11.7 Å². The first kappa shape index (κ1) is 18.4. The van der Waals surface area contributed by atoms with Crippen molar-refractivity contribution in [2.24, 2.45) is 4.99 Å². The summed E-state index contributed by atoms with van der Waals surface area (Å²) in [5.74, 6) is 0. The molecule has 1 N–H and O–H groups in total. The predicted octanol–water partition coefficient (Wildman–Crippen LogP) is 5.97. The van der Waals surface area contributed by atoms with E-state index in [1.807, 2.05) is 24.9 Å². The molecule has 0 amide bonds. The number of hydrogen-bond donors (Lipinski definition) is 1. The molecule has 0 saturated carbocycles. The van der Waals surface area contributed by atoms with Crippen molar-refractivity contribution in [1.82, 2.24) is 15.1 Å².